The van der Waals surface area contributed by atoms with E-state index in [2.05, 4.69) is 221 Å². The van der Waals surface area contributed by atoms with Crippen LogP contribution in [0.5, 0.6) is 0 Å². The minimum atomic E-state index is 0.999. The number of benzene rings is 10. The Morgan fingerprint density at radius 2 is 0.903 bits per heavy atom. The van der Waals surface area contributed by atoms with Gasteiger partial charge in [0.1, 0.15) is 0 Å². The highest BCUT2D eigenvalue weighted by atomic mass is 15.0. The van der Waals surface area contributed by atoms with Crippen molar-refractivity contribution in [2.24, 2.45) is 0 Å². The normalized spacial score (nSPS) is 12.2. The van der Waals surface area contributed by atoms with E-state index in [1.807, 2.05) is 0 Å². The molecule has 0 bridgehead atoms. The molecule has 0 atom stereocenters. The van der Waals surface area contributed by atoms with E-state index in [-0.39, 0.29) is 0 Å². The summed E-state index contributed by atoms with van der Waals surface area (Å²) in [5.41, 5.74) is 17.8. The number of fused-ring (bicyclic) bond motifs is 12. The molecule has 3 aromatic heterocycles. The monoisotopic (exact) mass is 785 g/mol. The molecule has 0 radical (unpaired) electrons. The van der Waals surface area contributed by atoms with E-state index >= 15 is 0 Å². The first-order valence-electron chi connectivity index (χ1n) is 21.4. The Morgan fingerprint density at radius 1 is 0.290 bits per heavy atom. The molecular weight excluding hydrogens is 751 g/mol. The van der Waals surface area contributed by atoms with Crippen molar-refractivity contribution in [3.05, 3.63) is 212 Å². The van der Waals surface area contributed by atoms with Crippen molar-refractivity contribution in [2.75, 3.05) is 0 Å². The summed E-state index contributed by atoms with van der Waals surface area (Å²) in [5, 5.41) is 11.2. The molecule has 0 unspecified atom stereocenters. The van der Waals surface area contributed by atoms with Crippen LogP contribution in [0.4, 0.5) is 0 Å². The quantitative estimate of drug-likeness (QED) is 0.174. The van der Waals surface area contributed by atoms with Crippen molar-refractivity contribution >= 4 is 76.1 Å². The molecule has 0 amide bonds. The van der Waals surface area contributed by atoms with Gasteiger partial charge in [0.25, 0.3) is 0 Å². The third kappa shape index (κ3) is 4.73. The molecule has 0 fully saturated rings. The Labute approximate surface area is 357 Å². The van der Waals surface area contributed by atoms with Gasteiger partial charge in [-0.2, -0.15) is 0 Å². The molecular formula is C59H35N3. The standard InChI is InChI=1S/C59H35N3/c1-2-12-42(13-3-1)61-54-20-9-8-17-47(54)49-33-39(25-28-55(49)61)40-26-29-56-51(34-40)59-44-14-5-4-11-36(44)24-30-57(59)62(56)43-27-23-37-31-41(22-21-38(37)32-43)53-35-50-46-16-7-6-15-45(46)48-18-10-19-52(60-53)58(48)50/h1-35H. The van der Waals surface area contributed by atoms with Crippen molar-refractivity contribution in [1.82, 2.24) is 14.1 Å². The molecule has 286 valence electrons. The Hall–Kier alpha value is -8.27. The minimum Gasteiger partial charge on any atom is -0.309 e. The summed E-state index contributed by atoms with van der Waals surface area (Å²) >= 11 is 0. The molecule has 14 rings (SSSR count). The fourth-order valence-electron chi connectivity index (χ4n) is 10.6. The van der Waals surface area contributed by atoms with Crippen LogP contribution in [0.15, 0.2) is 212 Å². The lowest BCUT2D eigenvalue weighted by Crippen LogP contribution is -1.94. The molecule has 0 N–H and O–H groups in total. The van der Waals surface area contributed by atoms with E-state index in [1.54, 1.807) is 0 Å². The van der Waals surface area contributed by atoms with Gasteiger partial charge in [0.15, 0.2) is 0 Å². The maximum atomic E-state index is 5.21. The largest absolute Gasteiger partial charge is 0.309 e. The summed E-state index contributed by atoms with van der Waals surface area (Å²) in [7, 11) is 0. The molecule has 0 saturated heterocycles. The lowest BCUT2D eigenvalue weighted by Gasteiger charge is -2.12. The topological polar surface area (TPSA) is 22.8 Å². The van der Waals surface area contributed by atoms with Crippen LogP contribution >= 0.6 is 0 Å². The van der Waals surface area contributed by atoms with E-state index in [4.69, 9.17) is 4.98 Å². The van der Waals surface area contributed by atoms with Gasteiger partial charge in [-0.25, -0.2) is 4.98 Å². The molecule has 10 aromatic carbocycles. The Balaban J connectivity index is 0.916. The molecule has 3 nitrogen and oxygen atoms in total. The average Bonchev–Trinajstić information content (AvgIpc) is 3.97. The molecule has 3 heterocycles. The minimum absolute atomic E-state index is 0.999. The number of rotatable bonds is 4. The van der Waals surface area contributed by atoms with Gasteiger partial charge in [-0.05, 0) is 134 Å². The van der Waals surface area contributed by atoms with Gasteiger partial charge in [-0.1, -0.05) is 133 Å². The van der Waals surface area contributed by atoms with Gasteiger partial charge in [-0.15, -0.1) is 0 Å². The Kier molecular flexibility index (Phi) is 6.83. The SMILES string of the molecule is c1ccc(-n2c3ccccc3c3cc(-c4ccc5c(c4)c4c6ccccc6ccc4n5-c4ccc5cc(-c6cc7c8c(cccc8n6)-c6ccccc6-7)ccc5c4)ccc32)cc1. The zero-order valence-electron chi connectivity index (χ0n) is 33.5. The van der Waals surface area contributed by atoms with Gasteiger partial charge in [0, 0.05) is 43.9 Å². The summed E-state index contributed by atoms with van der Waals surface area (Å²) < 4.78 is 4.83. The smallest absolute Gasteiger partial charge is 0.0722 e. The van der Waals surface area contributed by atoms with Crippen LogP contribution in [0.3, 0.4) is 0 Å². The highest BCUT2D eigenvalue weighted by molar-refractivity contribution is 6.22. The summed E-state index contributed by atoms with van der Waals surface area (Å²) in [6.07, 6.45) is 0. The van der Waals surface area contributed by atoms with Crippen LogP contribution in [0.25, 0.3) is 132 Å². The molecule has 62 heavy (non-hydrogen) atoms. The van der Waals surface area contributed by atoms with E-state index in [0.717, 1.165) is 22.5 Å². The molecule has 0 spiro atoms. The maximum absolute atomic E-state index is 5.21. The fourth-order valence-corrected chi connectivity index (χ4v) is 10.6. The first-order chi connectivity index (χ1) is 30.7. The molecule has 1 aliphatic carbocycles. The number of aromatic nitrogens is 3. The van der Waals surface area contributed by atoms with Crippen LogP contribution in [0.1, 0.15) is 0 Å². The summed E-state index contributed by atoms with van der Waals surface area (Å²) in [6.45, 7) is 0. The van der Waals surface area contributed by atoms with Gasteiger partial charge < -0.3 is 9.13 Å². The number of hydrogen-bond acceptors (Lipinski definition) is 1. The molecule has 3 heteroatoms. The van der Waals surface area contributed by atoms with E-state index in [1.165, 1.54) is 110 Å². The lowest BCUT2D eigenvalue weighted by atomic mass is 9.99. The zero-order valence-corrected chi connectivity index (χ0v) is 33.5. The molecule has 1 aliphatic rings. The predicted molar refractivity (Wildman–Crippen MR) is 261 cm³/mol. The second-order valence-corrected chi connectivity index (χ2v) is 16.7. The number of pyridine rings is 1. The van der Waals surface area contributed by atoms with E-state index < -0.39 is 0 Å². The van der Waals surface area contributed by atoms with E-state index in [9.17, 15) is 0 Å². The number of para-hydroxylation sites is 2. The zero-order chi connectivity index (χ0) is 40.5. The average molecular weight is 786 g/mol. The van der Waals surface area contributed by atoms with Crippen molar-refractivity contribution in [2.45, 2.75) is 0 Å². The first-order valence-corrected chi connectivity index (χ1v) is 21.4. The number of nitrogens with zero attached hydrogens (tertiary/aromatic N) is 3. The van der Waals surface area contributed by atoms with Crippen molar-refractivity contribution in [3.8, 4) is 56.0 Å². The fraction of sp³-hybridized carbons (Fsp3) is 0. The van der Waals surface area contributed by atoms with E-state index in [0.29, 0.717) is 0 Å². The van der Waals surface area contributed by atoms with Crippen LogP contribution in [0, 0.1) is 0 Å². The summed E-state index contributed by atoms with van der Waals surface area (Å²) in [4.78, 5) is 5.21. The second-order valence-electron chi connectivity index (χ2n) is 16.7. The first kappa shape index (κ1) is 33.5. The van der Waals surface area contributed by atoms with Crippen molar-refractivity contribution in [1.29, 1.82) is 0 Å². The van der Waals surface area contributed by atoms with Crippen LogP contribution < -0.4 is 0 Å². The van der Waals surface area contributed by atoms with Crippen LogP contribution in [-0.4, -0.2) is 14.1 Å². The third-order valence-corrected chi connectivity index (χ3v) is 13.4. The highest BCUT2D eigenvalue weighted by Gasteiger charge is 2.23. The van der Waals surface area contributed by atoms with Gasteiger partial charge in [0.2, 0.25) is 0 Å². The molecule has 13 aromatic rings. The van der Waals surface area contributed by atoms with Gasteiger partial charge in [0.05, 0.1) is 33.3 Å². The summed E-state index contributed by atoms with van der Waals surface area (Å²) in [6, 6.07) is 78.0. The van der Waals surface area contributed by atoms with Crippen LogP contribution in [0.2, 0.25) is 0 Å². The maximum Gasteiger partial charge on any atom is 0.0722 e. The lowest BCUT2D eigenvalue weighted by molar-refractivity contribution is 1.18. The van der Waals surface area contributed by atoms with Gasteiger partial charge >= 0.3 is 0 Å². The predicted octanol–water partition coefficient (Wildman–Crippen LogP) is 15.7. The van der Waals surface area contributed by atoms with Crippen molar-refractivity contribution < 1.29 is 0 Å². The Morgan fingerprint density at radius 3 is 1.77 bits per heavy atom. The summed E-state index contributed by atoms with van der Waals surface area (Å²) in [5.74, 6) is 0. The third-order valence-electron chi connectivity index (χ3n) is 13.4. The van der Waals surface area contributed by atoms with Crippen LogP contribution in [-0.2, 0) is 0 Å². The van der Waals surface area contributed by atoms with Crippen molar-refractivity contribution in [3.63, 3.8) is 0 Å². The Bertz CT molecular complexity index is 4040. The molecule has 0 saturated carbocycles. The second kappa shape index (κ2) is 12.6. The highest BCUT2D eigenvalue weighted by Crippen LogP contribution is 2.48. The van der Waals surface area contributed by atoms with Gasteiger partial charge in [-0.3, -0.25) is 0 Å². The number of hydrogen-bond donors (Lipinski definition) is 0. The molecule has 0 aliphatic heterocycles.